The van der Waals surface area contributed by atoms with Gasteiger partial charge >= 0.3 is 0 Å². The largest absolute Gasteiger partial charge is 0.370 e. The molecule has 0 aliphatic heterocycles. The van der Waals surface area contributed by atoms with Crippen LogP contribution in [0.1, 0.15) is 39.9 Å². The molecule has 0 aliphatic rings. The van der Waals surface area contributed by atoms with E-state index in [0.717, 1.165) is 24.0 Å². The summed E-state index contributed by atoms with van der Waals surface area (Å²) in [7, 11) is 0. The molecule has 0 atom stereocenters. The summed E-state index contributed by atoms with van der Waals surface area (Å²) < 4.78 is 0. The highest BCUT2D eigenvalue weighted by Gasteiger charge is 2.08. The summed E-state index contributed by atoms with van der Waals surface area (Å²) in [5, 5.41) is 0. The van der Waals surface area contributed by atoms with Gasteiger partial charge in [0.15, 0.2) is 5.78 Å². The molecule has 2 aromatic carbocycles. The molecule has 22 heavy (non-hydrogen) atoms. The third-order valence-corrected chi connectivity index (χ3v) is 3.56. The van der Waals surface area contributed by atoms with Crippen LogP contribution in [0.2, 0.25) is 0 Å². The molecule has 0 spiro atoms. The van der Waals surface area contributed by atoms with Crippen LogP contribution in [0.25, 0.3) is 0 Å². The van der Waals surface area contributed by atoms with Crippen LogP contribution < -0.4 is 11.5 Å². The first-order valence-corrected chi connectivity index (χ1v) is 7.31. The summed E-state index contributed by atoms with van der Waals surface area (Å²) in [5.74, 6) is -0.292. The summed E-state index contributed by atoms with van der Waals surface area (Å²) in [6.45, 7) is 0.467. The summed E-state index contributed by atoms with van der Waals surface area (Å²) in [4.78, 5) is 23.1. The maximum atomic E-state index is 12.4. The maximum Gasteiger partial charge on any atom is 0.217 e. The molecule has 0 heterocycles. The van der Waals surface area contributed by atoms with Crippen LogP contribution in [0.3, 0.4) is 0 Å². The van der Waals surface area contributed by atoms with Crippen molar-refractivity contribution in [2.24, 2.45) is 11.5 Å². The van der Waals surface area contributed by atoms with Gasteiger partial charge in [-0.3, -0.25) is 9.59 Å². The molecule has 0 radical (unpaired) electrons. The van der Waals surface area contributed by atoms with Crippen LogP contribution in [-0.2, 0) is 17.8 Å². The minimum atomic E-state index is -0.285. The van der Waals surface area contributed by atoms with E-state index in [2.05, 4.69) is 0 Å². The number of aryl methyl sites for hydroxylation is 1. The Morgan fingerprint density at radius 1 is 0.818 bits per heavy atom. The Hall–Kier alpha value is -2.46. The molecule has 0 aromatic heterocycles. The lowest BCUT2D eigenvalue weighted by molar-refractivity contribution is -0.118. The molecule has 2 rings (SSSR count). The van der Waals surface area contributed by atoms with Gasteiger partial charge in [-0.05, 0) is 24.0 Å². The molecule has 0 bridgehead atoms. The number of carbonyl (C=O) groups is 2. The number of ketones is 1. The standard InChI is InChI=1S/C18H20N2O2/c19-12-14-6-10-16(11-7-14)18(22)15-8-4-13(5-9-15)2-1-3-17(20)21/h4-11H,1-3,12,19H2,(H2,20,21). The second-order valence-corrected chi connectivity index (χ2v) is 5.25. The molecule has 0 fully saturated rings. The van der Waals surface area contributed by atoms with Crippen molar-refractivity contribution in [2.75, 3.05) is 0 Å². The lowest BCUT2D eigenvalue weighted by Crippen LogP contribution is -2.10. The molecule has 0 saturated carbocycles. The average Bonchev–Trinajstić information content (AvgIpc) is 2.54. The van der Waals surface area contributed by atoms with Gasteiger partial charge in [0.05, 0.1) is 0 Å². The predicted octanol–water partition coefficient (Wildman–Crippen LogP) is 2.18. The number of hydrogen-bond acceptors (Lipinski definition) is 3. The van der Waals surface area contributed by atoms with E-state index in [0.29, 0.717) is 24.1 Å². The average molecular weight is 296 g/mol. The van der Waals surface area contributed by atoms with Gasteiger partial charge in [-0.15, -0.1) is 0 Å². The number of carbonyl (C=O) groups excluding carboxylic acids is 2. The van der Waals surface area contributed by atoms with E-state index in [9.17, 15) is 9.59 Å². The molecule has 4 nitrogen and oxygen atoms in total. The number of hydrogen-bond donors (Lipinski definition) is 2. The number of nitrogens with two attached hydrogens (primary N) is 2. The number of primary amides is 1. The highest BCUT2D eigenvalue weighted by molar-refractivity contribution is 6.08. The van der Waals surface area contributed by atoms with E-state index in [-0.39, 0.29) is 11.7 Å². The Labute approximate surface area is 130 Å². The van der Waals surface area contributed by atoms with Gasteiger partial charge in [0.1, 0.15) is 0 Å². The Balaban J connectivity index is 2.02. The summed E-state index contributed by atoms with van der Waals surface area (Å²) in [6.07, 6.45) is 1.89. The molecular weight excluding hydrogens is 276 g/mol. The second kappa shape index (κ2) is 7.52. The van der Waals surface area contributed by atoms with Crippen LogP contribution in [-0.4, -0.2) is 11.7 Å². The van der Waals surface area contributed by atoms with Crippen molar-refractivity contribution < 1.29 is 9.59 Å². The topological polar surface area (TPSA) is 86.2 Å². The van der Waals surface area contributed by atoms with Crippen molar-refractivity contribution in [2.45, 2.75) is 25.8 Å². The van der Waals surface area contributed by atoms with Gasteiger partial charge in [-0.1, -0.05) is 48.5 Å². The number of rotatable bonds is 7. The Morgan fingerprint density at radius 2 is 1.32 bits per heavy atom. The van der Waals surface area contributed by atoms with Crippen LogP contribution >= 0.6 is 0 Å². The van der Waals surface area contributed by atoms with E-state index in [1.54, 1.807) is 12.1 Å². The Bertz CT molecular complexity index is 646. The Morgan fingerprint density at radius 3 is 1.77 bits per heavy atom. The van der Waals surface area contributed by atoms with Crippen molar-refractivity contribution >= 4 is 11.7 Å². The molecule has 0 saturated heterocycles. The minimum Gasteiger partial charge on any atom is -0.370 e. The molecule has 1 amide bonds. The summed E-state index contributed by atoms with van der Waals surface area (Å²) in [6, 6.07) is 14.8. The first-order chi connectivity index (χ1) is 10.6. The molecule has 0 aliphatic carbocycles. The molecule has 114 valence electrons. The first-order valence-electron chi connectivity index (χ1n) is 7.31. The fourth-order valence-corrected chi connectivity index (χ4v) is 2.25. The van der Waals surface area contributed by atoms with Gasteiger partial charge in [0.2, 0.25) is 5.91 Å². The van der Waals surface area contributed by atoms with Crippen molar-refractivity contribution in [3.63, 3.8) is 0 Å². The van der Waals surface area contributed by atoms with E-state index in [4.69, 9.17) is 11.5 Å². The van der Waals surface area contributed by atoms with E-state index < -0.39 is 0 Å². The molecule has 4 N–H and O–H groups in total. The van der Waals surface area contributed by atoms with Crippen molar-refractivity contribution in [1.29, 1.82) is 0 Å². The number of benzene rings is 2. The van der Waals surface area contributed by atoms with E-state index in [1.807, 2.05) is 36.4 Å². The third kappa shape index (κ3) is 4.27. The van der Waals surface area contributed by atoms with Crippen molar-refractivity contribution in [3.8, 4) is 0 Å². The molecule has 0 unspecified atom stereocenters. The second-order valence-electron chi connectivity index (χ2n) is 5.25. The highest BCUT2D eigenvalue weighted by atomic mass is 16.1. The Kier molecular flexibility index (Phi) is 5.44. The quantitative estimate of drug-likeness (QED) is 0.768. The zero-order chi connectivity index (χ0) is 15.9. The summed E-state index contributed by atoms with van der Waals surface area (Å²) >= 11 is 0. The van der Waals surface area contributed by atoms with Crippen molar-refractivity contribution in [3.05, 3.63) is 70.8 Å². The van der Waals surface area contributed by atoms with Crippen LogP contribution in [0.4, 0.5) is 0 Å². The maximum absolute atomic E-state index is 12.4. The first kappa shape index (κ1) is 15.9. The van der Waals surface area contributed by atoms with Gasteiger partial charge in [0.25, 0.3) is 0 Å². The normalized spacial score (nSPS) is 10.4. The minimum absolute atomic E-state index is 0.00717. The smallest absolute Gasteiger partial charge is 0.217 e. The van der Waals surface area contributed by atoms with E-state index in [1.165, 1.54) is 0 Å². The van der Waals surface area contributed by atoms with Crippen LogP contribution in [0, 0.1) is 0 Å². The monoisotopic (exact) mass is 296 g/mol. The third-order valence-electron chi connectivity index (χ3n) is 3.56. The fourth-order valence-electron chi connectivity index (χ4n) is 2.25. The molecular formula is C18H20N2O2. The molecule has 4 heteroatoms. The zero-order valence-corrected chi connectivity index (χ0v) is 12.4. The lowest BCUT2D eigenvalue weighted by Gasteiger charge is -2.05. The molecule has 2 aromatic rings. The van der Waals surface area contributed by atoms with Gasteiger partial charge in [0, 0.05) is 24.1 Å². The lowest BCUT2D eigenvalue weighted by atomic mass is 9.99. The highest BCUT2D eigenvalue weighted by Crippen LogP contribution is 2.13. The SMILES string of the molecule is NCc1ccc(C(=O)c2ccc(CCCC(N)=O)cc2)cc1. The van der Waals surface area contributed by atoms with Crippen molar-refractivity contribution in [1.82, 2.24) is 0 Å². The zero-order valence-electron chi connectivity index (χ0n) is 12.4. The van der Waals surface area contributed by atoms with Crippen LogP contribution in [0.5, 0.6) is 0 Å². The van der Waals surface area contributed by atoms with Crippen LogP contribution in [0.15, 0.2) is 48.5 Å². The fraction of sp³-hybridized carbons (Fsp3) is 0.222. The van der Waals surface area contributed by atoms with Gasteiger partial charge in [-0.25, -0.2) is 0 Å². The number of amides is 1. The van der Waals surface area contributed by atoms with Gasteiger partial charge < -0.3 is 11.5 Å². The summed E-state index contributed by atoms with van der Waals surface area (Å²) in [5.41, 5.74) is 14.1. The van der Waals surface area contributed by atoms with Gasteiger partial charge in [-0.2, -0.15) is 0 Å². The predicted molar refractivity (Wildman–Crippen MR) is 86.3 cm³/mol. The van der Waals surface area contributed by atoms with E-state index >= 15 is 0 Å².